The van der Waals surface area contributed by atoms with Gasteiger partial charge in [0.2, 0.25) is 5.76 Å². The Bertz CT molecular complexity index is 1640. The van der Waals surface area contributed by atoms with E-state index in [4.69, 9.17) is 18.6 Å². The van der Waals surface area contributed by atoms with Crippen LogP contribution in [0.2, 0.25) is 0 Å². The number of hydrogen-bond acceptors (Lipinski definition) is 7. The predicted octanol–water partition coefficient (Wildman–Crippen LogP) is 5.32. The summed E-state index contributed by atoms with van der Waals surface area (Å²) in [4.78, 5) is 29.5. The zero-order chi connectivity index (χ0) is 27.8. The van der Waals surface area contributed by atoms with E-state index >= 15 is 0 Å². The van der Waals surface area contributed by atoms with Crippen LogP contribution in [0.4, 0.5) is 0 Å². The van der Waals surface area contributed by atoms with Crippen LogP contribution in [0, 0.1) is 13.8 Å². The smallest absolute Gasteiger partial charge is 0.290 e. The number of aryl methyl sites for hydroxylation is 2. The second-order valence-corrected chi connectivity index (χ2v) is 9.63. The molecule has 4 aromatic rings. The fourth-order valence-corrected chi connectivity index (χ4v) is 5.35. The number of benzene rings is 3. The van der Waals surface area contributed by atoms with E-state index in [1.807, 2.05) is 45.0 Å². The van der Waals surface area contributed by atoms with Crippen molar-refractivity contribution < 1.29 is 28.5 Å². The topological polar surface area (TPSA) is 98.4 Å². The number of nitrogens with zero attached hydrogens (tertiary/aromatic N) is 1. The Morgan fingerprint density at radius 3 is 2.44 bits per heavy atom. The molecule has 8 nitrogen and oxygen atoms in total. The first-order valence-electron chi connectivity index (χ1n) is 12.8. The molecule has 1 N–H and O–H groups in total. The number of amides is 1. The van der Waals surface area contributed by atoms with E-state index in [2.05, 4.69) is 0 Å². The fourth-order valence-electron chi connectivity index (χ4n) is 5.35. The van der Waals surface area contributed by atoms with Gasteiger partial charge in [0, 0.05) is 6.54 Å². The van der Waals surface area contributed by atoms with Crippen molar-refractivity contribution in [3.05, 3.63) is 92.3 Å². The highest BCUT2D eigenvalue weighted by Crippen LogP contribution is 2.41. The molecule has 39 heavy (non-hydrogen) atoms. The molecule has 8 heteroatoms. The van der Waals surface area contributed by atoms with Crippen LogP contribution in [0.25, 0.3) is 11.0 Å². The summed E-state index contributed by atoms with van der Waals surface area (Å²) >= 11 is 0. The van der Waals surface area contributed by atoms with Crippen LogP contribution in [0.1, 0.15) is 51.3 Å². The molecule has 1 amide bonds. The number of ether oxygens (including phenoxy) is 3. The number of aromatic hydroxyl groups is 1. The molecule has 3 aromatic carbocycles. The molecule has 202 valence electrons. The maximum atomic E-state index is 14.0. The maximum Gasteiger partial charge on any atom is 0.290 e. The maximum absolute atomic E-state index is 14.0. The molecule has 0 saturated heterocycles. The molecule has 0 spiro atoms. The Kier molecular flexibility index (Phi) is 6.95. The molecule has 0 radical (unpaired) electrons. The van der Waals surface area contributed by atoms with Gasteiger partial charge in [-0.3, -0.25) is 9.59 Å². The Hall–Kier alpha value is -4.46. The number of phenols is 1. The van der Waals surface area contributed by atoms with Gasteiger partial charge in [-0.25, -0.2) is 0 Å². The molecule has 1 atom stereocenters. The highest BCUT2D eigenvalue weighted by atomic mass is 16.5. The van der Waals surface area contributed by atoms with E-state index < -0.39 is 6.04 Å². The van der Waals surface area contributed by atoms with Crippen molar-refractivity contribution in [2.45, 2.75) is 33.2 Å². The van der Waals surface area contributed by atoms with E-state index in [1.165, 1.54) is 6.07 Å². The molecular weight excluding hydrogens is 498 g/mol. The van der Waals surface area contributed by atoms with Crippen molar-refractivity contribution in [3.8, 4) is 23.0 Å². The van der Waals surface area contributed by atoms with Crippen LogP contribution in [0.5, 0.6) is 23.0 Å². The molecular formula is C31H31NO7. The van der Waals surface area contributed by atoms with Gasteiger partial charge in [-0.15, -0.1) is 0 Å². The van der Waals surface area contributed by atoms with Crippen molar-refractivity contribution in [1.29, 1.82) is 0 Å². The normalized spacial score (nSPS) is 14.5. The SMILES string of the molecule is CCOc1cc(C2c3c(oc4cc(C)cc(C)c4c3=O)C(=O)N2CCc2ccc(OC)c(OC)c2)ccc1O. The summed E-state index contributed by atoms with van der Waals surface area (Å²) in [5.74, 6) is 1.16. The average molecular weight is 530 g/mol. The minimum absolute atomic E-state index is 0.0149. The van der Waals surface area contributed by atoms with E-state index in [0.717, 1.165) is 16.7 Å². The van der Waals surface area contributed by atoms with Crippen LogP contribution >= 0.6 is 0 Å². The summed E-state index contributed by atoms with van der Waals surface area (Å²) in [6, 6.07) is 13.5. The van der Waals surface area contributed by atoms with E-state index in [1.54, 1.807) is 37.3 Å². The quantitative estimate of drug-likeness (QED) is 0.330. The molecule has 1 aliphatic rings. The zero-order valence-corrected chi connectivity index (χ0v) is 22.7. The molecule has 0 saturated carbocycles. The molecule has 0 fully saturated rings. The van der Waals surface area contributed by atoms with E-state index in [-0.39, 0.29) is 28.6 Å². The van der Waals surface area contributed by atoms with Gasteiger partial charge in [0.05, 0.1) is 37.8 Å². The van der Waals surface area contributed by atoms with Crippen LogP contribution < -0.4 is 19.6 Å². The summed E-state index contributed by atoms with van der Waals surface area (Å²) in [7, 11) is 3.15. The van der Waals surface area contributed by atoms with Crippen molar-refractivity contribution in [3.63, 3.8) is 0 Å². The van der Waals surface area contributed by atoms with Crippen molar-refractivity contribution in [2.24, 2.45) is 0 Å². The van der Waals surface area contributed by atoms with Crippen molar-refractivity contribution >= 4 is 16.9 Å². The third kappa shape index (κ3) is 4.56. The lowest BCUT2D eigenvalue weighted by Crippen LogP contribution is -2.31. The molecule has 2 heterocycles. The third-order valence-corrected chi connectivity index (χ3v) is 7.10. The number of methoxy groups -OCH3 is 2. The highest BCUT2D eigenvalue weighted by molar-refractivity contribution is 5.99. The summed E-state index contributed by atoms with van der Waals surface area (Å²) in [6.07, 6.45) is 0.499. The number of carbonyl (C=O) groups is 1. The molecule has 0 aliphatic carbocycles. The average Bonchev–Trinajstić information content (AvgIpc) is 3.19. The minimum Gasteiger partial charge on any atom is -0.504 e. The monoisotopic (exact) mass is 529 g/mol. The van der Waals surface area contributed by atoms with Gasteiger partial charge in [-0.1, -0.05) is 18.2 Å². The first-order chi connectivity index (χ1) is 18.8. The first-order valence-corrected chi connectivity index (χ1v) is 12.8. The second kappa shape index (κ2) is 10.4. The van der Waals surface area contributed by atoms with Crippen molar-refractivity contribution in [2.75, 3.05) is 27.4 Å². The minimum atomic E-state index is -0.714. The zero-order valence-electron chi connectivity index (χ0n) is 22.7. The van der Waals surface area contributed by atoms with Crippen LogP contribution in [0.15, 0.2) is 57.7 Å². The Morgan fingerprint density at radius 2 is 1.72 bits per heavy atom. The highest BCUT2D eigenvalue weighted by Gasteiger charge is 2.43. The van der Waals surface area contributed by atoms with Gasteiger partial charge in [0.15, 0.2) is 28.4 Å². The van der Waals surface area contributed by atoms with Crippen LogP contribution in [0.3, 0.4) is 0 Å². The largest absolute Gasteiger partial charge is 0.504 e. The van der Waals surface area contributed by atoms with Gasteiger partial charge in [0.1, 0.15) is 5.58 Å². The number of phenolic OH excluding ortho intramolecular Hbond substituents is 1. The van der Waals surface area contributed by atoms with Gasteiger partial charge < -0.3 is 28.6 Å². The third-order valence-electron chi connectivity index (χ3n) is 7.10. The molecule has 1 aliphatic heterocycles. The summed E-state index contributed by atoms with van der Waals surface area (Å²) in [5, 5.41) is 10.8. The van der Waals surface area contributed by atoms with Gasteiger partial charge in [-0.2, -0.15) is 0 Å². The molecule has 1 unspecified atom stereocenters. The summed E-state index contributed by atoms with van der Waals surface area (Å²) in [5.41, 5.74) is 3.76. The lowest BCUT2D eigenvalue weighted by atomic mass is 9.96. The second-order valence-electron chi connectivity index (χ2n) is 9.63. The molecule has 5 rings (SSSR count). The summed E-state index contributed by atoms with van der Waals surface area (Å²) < 4.78 is 22.6. The number of fused-ring (bicyclic) bond motifs is 2. The van der Waals surface area contributed by atoms with Crippen LogP contribution in [-0.2, 0) is 6.42 Å². The Labute approximate surface area is 226 Å². The Balaban J connectivity index is 1.64. The van der Waals surface area contributed by atoms with Crippen LogP contribution in [-0.4, -0.2) is 43.3 Å². The van der Waals surface area contributed by atoms with Crippen molar-refractivity contribution in [1.82, 2.24) is 4.90 Å². The van der Waals surface area contributed by atoms with Gasteiger partial charge in [-0.05, 0) is 79.8 Å². The number of hydrogen-bond donors (Lipinski definition) is 1. The first kappa shape index (κ1) is 26.2. The summed E-state index contributed by atoms with van der Waals surface area (Å²) in [6.45, 7) is 6.27. The van der Waals surface area contributed by atoms with Gasteiger partial charge in [0.25, 0.3) is 5.91 Å². The fraction of sp³-hybridized carbons (Fsp3) is 0.290. The number of rotatable bonds is 8. The predicted molar refractivity (Wildman–Crippen MR) is 147 cm³/mol. The lowest BCUT2D eigenvalue weighted by Gasteiger charge is -2.26. The molecule has 1 aromatic heterocycles. The molecule has 0 bridgehead atoms. The standard InChI is InChI=1S/C31H31NO7/c1-6-38-23-16-20(8-9-21(23)33)28-27-29(34)26-18(3)13-17(2)14-25(26)39-30(27)31(35)32(28)12-11-19-7-10-22(36-4)24(15-19)37-5/h7-10,13-16,28,33H,6,11-12H2,1-5H3. The van der Waals surface area contributed by atoms with Gasteiger partial charge >= 0.3 is 0 Å². The Morgan fingerprint density at radius 1 is 0.949 bits per heavy atom. The van der Waals surface area contributed by atoms with E-state index in [9.17, 15) is 14.7 Å². The van der Waals surface area contributed by atoms with E-state index in [0.29, 0.717) is 53.2 Å². The lowest BCUT2D eigenvalue weighted by molar-refractivity contribution is 0.0729. The number of carbonyl (C=O) groups excluding carboxylic acids is 1.